The molecule has 46 heavy (non-hydrogen) atoms. The lowest BCUT2D eigenvalue weighted by Crippen LogP contribution is -2.00. The Morgan fingerprint density at radius 2 is 1.17 bits per heavy atom. The van der Waals surface area contributed by atoms with Gasteiger partial charge in [-0.1, -0.05) is 108 Å². The average Bonchev–Trinajstić information content (AvgIpc) is 3.62. The monoisotopic (exact) mass is 638 g/mol. The summed E-state index contributed by atoms with van der Waals surface area (Å²) in [4.78, 5) is 11.3. The van der Waals surface area contributed by atoms with Gasteiger partial charge in [0.05, 0.1) is 35.6 Å². The van der Waals surface area contributed by atoms with Gasteiger partial charge in [0, 0.05) is 27.6 Å². The molecular weight excluding hydrogens is 592 g/mol. The molecule has 0 saturated carbocycles. The molecule has 0 amide bonds. The fourth-order valence-electron chi connectivity index (χ4n) is 5.76. The summed E-state index contributed by atoms with van der Waals surface area (Å²) in [5, 5.41) is 2.00. The van der Waals surface area contributed by atoms with E-state index >= 15 is 0 Å². The SMILES string of the molecule is CCCCCCCCOc1cccc(-c2nc3cc(F)cc(-c4cccs4)c3nc2-c2cccc(OCCCCCCCC)c2)c1. The molecule has 6 heteroatoms. The van der Waals surface area contributed by atoms with E-state index in [0.29, 0.717) is 29.9 Å². The minimum Gasteiger partial charge on any atom is -0.494 e. The zero-order chi connectivity index (χ0) is 32.0. The Kier molecular flexibility index (Phi) is 13.0. The van der Waals surface area contributed by atoms with Crippen LogP contribution in [0.15, 0.2) is 78.2 Å². The first-order valence-corrected chi connectivity index (χ1v) is 18.1. The van der Waals surface area contributed by atoms with Crippen LogP contribution >= 0.6 is 11.3 Å². The van der Waals surface area contributed by atoms with Gasteiger partial charge in [-0.2, -0.15) is 0 Å². The first-order valence-electron chi connectivity index (χ1n) is 17.2. The van der Waals surface area contributed by atoms with E-state index in [1.54, 1.807) is 17.4 Å². The number of halogens is 1. The van der Waals surface area contributed by atoms with Crippen molar-refractivity contribution in [2.75, 3.05) is 13.2 Å². The molecule has 0 atom stereocenters. The third kappa shape index (κ3) is 9.38. The summed E-state index contributed by atoms with van der Waals surface area (Å²) in [5.41, 5.74) is 5.16. The van der Waals surface area contributed by atoms with Crippen molar-refractivity contribution in [1.82, 2.24) is 9.97 Å². The highest BCUT2D eigenvalue weighted by Crippen LogP contribution is 2.38. The van der Waals surface area contributed by atoms with Crippen molar-refractivity contribution in [3.63, 3.8) is 0 Å². The first kappa shape index (κ1) is 33.6. The van der Waals surface area contributed by atoms with Crippen LogP contribution in [0.5, 0.6) is 11.5 Å². The van der Waals surface area contributed by atoms with Crippen LogP contribution < -0.4 is 9.47 Å². The summed E-state index contributed by atoms with van der Waals surface area (Å²) in [5.74, 6) is 1.28. The summed E-state index contributed by atoms with van der Waals surface area (Å²) in [7, 11) is 0. The van der Waals surface area contributed by atoms with Crippen molar-refractivity contribution in [3.8, 4) is 44.5 Å². The molecule has 4 nitrogen and oxygen atoms in total. The molecular formula is C40H47FN2O2S. The van der Waals surface area contributed by atoms with Crippen LogP contribution in [0.1, 0.15) is 90.9 Å². The maximum Gasteiger partial charge on any atom is 0.126 e. The summed E-state index contributed by atoms with van der Waals surface area (Å²) in [6.07, 6.45) is 14.6. The van der Waals surface area contributed by atoms with E-state index in [1.807, 2.05) is 66.0 Å². The number of rotatable bonds is 19. The minimum atomic E-state index is -0.329. The van der Waals surface area contributed by atoms with Gasteiger partial charge in [0.1, 0.15) is 17.3 Å². The largest absolute Gasteiger partial charge is 0.494 e. The van der Waals surface area contributed by atoms with Crippen molar-refractivity contribution in [3.05, 3.63) is 84.0 Å². The quantitative estimate of drug-likeness (QED) is 0.0844. The molecule has 2 aromatic heterocycles. The van der Waals surface area contributed by atoms with E-state index in [1.165, 1.54) is 70.3 Å². The van der Waals surface area contributed by atoms with E-state index in [4.69, 9.17) is 19.4 Å². The number of hydrogen-bond acceptors (Lipinski definition) is 5. The van der Waals surface area contributed by atoms with Crippen LogP contribution in [0, 0.1) is 5.82 Å². The van der Waals surface area contributed by atoms with Crippen LogP contribution in [0.25, 0.3) is 44.0 Å². The van der Waals surface area contributed by atoms with Gasteiger partial charge in [-0.15, -0.1) is 11.3 Å². The lowest BCUT2D eigenvalue weighted by atomic mass is 10.0. The number of thiophene rings is 1. The number of fused-ring (bicyclic) bond motifs is 1. The molecule has 2 heterocycles. The normalized spacial score (nSPS) is 11.3. The fraction of sp³-hybridized carbons (Fsp3) is 0.400. The van der Waals surface area contributed by atoms with Crippen LogP contribution in [-0.2, 0) is 0 Å². The number of benzene rings is 3. The number of ether oxygens (including phenoxy) is 2. The number of aromatic nitrogens is 2. The first-order chi connectivity index (χ1) is 22.7. The number of nitrogens with zero attached hydrogens (tertiary/aromatic N) is 2. The topological polar surface area (TPSA) is 44.2 Å². The average molecular weight is 639 g/mol. The molecule has 242 valence electrons. The third-order valence-corrected chi connectivity index (χ3v) is 9.17. The molecule has 0 aliphatic heterocycles. The second-order valence-electron chi connectivity index (χ2n) is 12.0. The van der Waals surface area contributed by atoms with Gasteiger partial charge in [0.2, 0.25) is 0 Å². The van der Waals surface area contributed by atoms with Gasteiger partial charge in [0.15, 0.2) is 0 Å². The summed E-state index contributed by atoms with van der Waals surface area (Å²) in [6.45, 7) is 5.84. The van der Waals surface area contributed by atoms with Gasteiger partial charge in [-0.05, 0) is 54.6 Å². The van der Waals surface area contributed by atoms with Crippen LogP contribution in [0.3, 0.4) is 0 Å². The maximum atomic E-state index is 15.0. The molecule has 0 spiro atoms. The van der Waals surface area contributed by atoms with E-state index < -0.39 is 0 Å². The molecule has 0 aliphatic carbocycles. The van der Waals surface area contributed by atoms with E-state index in [0.717, 1.165) is 51.6 Å². The van der Waals surface area contributed by atoms with Gasteiger partial charge in [0.25, 0.3) is 0 Å². The summed E-state index contributed by atoms with van der Waals surface area (Å²) < 4.78 is 27.3. The van der Waals surface area contributed by atoms with Crippen LogP contribution in [0.2, 0.25) is 0 Å². The minimum absolute atomic E-state index is 0.329. The van der Waals surface area contributed by atoms with Gasteiger partial charge >= 0.3 is 0 Å². The Hall–Kier alpha value is -3.77. The molecule has 0 fully saturated rings. The summed E-state index contributed by atoms with van der Waals surface area (Å²) >= 11 is 1.57. The Labute approximate surface area is 278 Å². The Bertz CT molecular complexity index is 1650. The van der Waals surface area contributed by atoms with Crippen molar-refractivity contribution in [2.24, 2.45) is 0 Å². The Morgan fingerprint density at radius 1 is 0.609 bits per heavy atom. The van der Waals surface area contributed by atoms with Crippen molar-refractivity contribution in [1.29, 1.82) is 0 Å². The Morgan fingerprint density at radius 3 is 1.74 bits per heavy atom. The van der Waals surface area contributed by atoms with E-state index in [2.05, 4.69) is 13.8 Å². The zero-order valence-electron chi connectivity index (χ0n) is 27.4. The van der Waals surface area contributed by atoms with Crippen LogP contribution in [0.4, 0.5) is 4.39 Å². The second kappa shape index (κ2) is 17.8. The van der Waals surface area contributed by atoms with Crippen molar-refractivity contribution >= 4 is 22.4 Å². The Balaban J connectivity index is 1.45. The molecule has 0 N–H and O–H groups in total. The summed E-state index contributed by atoms with van der Waals surface area (Å²) in [6, 6.07) is 23.1. The predicted molar refractivity (Wildman–Crippen MR) is 191 cm³/mol. The molecule has 0 bridgehead atoms. The molecule has 0 radical (unpaired) electrons. The molecule has 0 unspecified atom stereocenters. The molecule has 0 saturated heterocycles. The zero-order valence-corrected chi connectivity index (χ0v) is 28.2. The number of unbranched alkanes of at least 4 members (excludes halogenated alkanes) is 10. The standard InChI is InChI=1S/C40H47FN2O2S/c1-3-5-7-9-11-13-23-44-33-20-15-18-30(26-33)38-39(31-19-16-21-34(27-31)45-24-14-12-10-8-6-4-2)43-40-35(37-22-17-25-46-37)28-32(41)29-36(40)42-38/h15-22,25-29H,3-14,23-24H2,1-2H3. The van der Waals surface area contributed by atoms with E-state index in [9.17, 15) is 4.39 Å². The molecule has 3 aromatic carbocycles. The van der Waals surface area contributed by atoms with Crippen molar-refractivity contribution in [2.45, 2.75) is 90.9 Å². The maximum absolute atomic E-state index is 15.0. The van der Waals surface area contributed by atoms with Gasteiger partial charge < -0.3 is 9.47 Å². The highest BCUT2D eigenvalue weighted by atomic mass is 32.1. The van der Waals surface area contributed by atoms with Gasteiger partial charge in [-0.3, -0.25) is 0 Å². The smallest absolute Gasteiger partial charge is 0.126 e. The van der Waals surface area contributed by atoms with E-state index in [-0.39, 0.29) is 5.82 Å². The number of hydrogen-bond donors (Lipinski definition) is 0. The predicted octanol–water partition coefficient (Wildman–Crippen LogP) is 12.3. The highest BCUT2D eigenvalue weighted by molar-refractivity contribution is 7.13. The fourth-order valence-corrected chi connectivity index (χ4v) is 6.50. The highest BCUT2D eigenvalue weighted by Gasteiger charge is 2.18. The molecule has 5 aromatic rings. The molecule has 5 rings (SSSR count). The lowest BCUT2D eigenvalue weighted by molar-refractivity contribution is 0.304. The lowest BCUT2D eigenvalue weighted by Gasteiger charge is -2.15. The van der Waals surface area contributed by atoms with Gasteiger partial charge in [-0.25, -0.2) is 14.4 Å². The van der Waals surface area contributed by atoms with Crippen LogP contribution in [-0.4, -0.2) is 23.2 Å². The second-order valence-corrected chi connectivity index (χ2v) is 13.0. The van der Waals surface area contributed by atoms with Crippen molar-refractivity contribution < 1.29 is 13.9 Å². The molecule has 0 aliphatic rings. The third-order valence-electron chi connectivity index (χ3n) is 8.27.